The van der Waals surface area contributed by atoms with E-state index in [9.17, 15) is 4.79 Å². The van der Waals surface area contributed by atoms with Crippen LogP contribution in [0, 0.1) is 0 Å². The first-order chi connectivity index (χ1) is 7.77. The fourth-order valence-electron chi connectivity index (χ4n) is 1.24. The fraction of sp³-hybridized carbons (Fsp3) is 0.100. The van der Waals surface area contributed by atoms with Gasteiger partial charge in [-0.1, -0.05) is 6.07 Å². The van der Waals surface area contributed by atoms with Crippen LogP contribution in [0.3, 0.4) is 0 Å². The van der Waals surface area contributed by atoms with Gasteiger partial charge in [-0.3, -0.25) is 14.9 Å². The molecule has 2 heterocycles. The van der Waals surface area contributed by atoms with Gasteiger partial charge in [0.15, 0.2) is 0 Å². The average Bonchev–Trinajstić information content (AvgIpc) is 2.74. The first kappa shape index (κ1) is 10.2. The quantitative estimate of drug-likeness (QED) is 0.689. The van der Waals surface area contributed by atoms with Crippen molar-refractivity contribution >= 4 is 11.6 Å². The van der Waals surface area contributed by atoms with E-state index in [0.717, 1.165) is 5.69 Å². The number of carbonyl (C=O) groups is 1. The molecule has 0 fully saturated rings. The summed E-state index contributed by atoms with van der Waals surface area (Å²) in [4.78, 5) is 15.7. The summed E-state index contributed by atoms with van der Waals surface area (Å²) in [5, 5.41) is 8.89. The smallest absolute Gasteiger partial charge is 0.271 e. The second kappa shape index (κ2) is 4.43. The Bertz CT molecular complexity index is 479. The molecule has 0 saturated heterocycles. The lowest BCUT2D eigenvalue weighted by Crippen LogP contribution is -2.24. The van der Waals surface area contributed by atoms with Gasteiger partial charge in [0.2, 0.25) is 0 Å². The molecule has 16 heavy (non-hydrogen) atoms. The third kappa shape index (κ3) is 2.17. The number of hydrogen-bond acceptors (Lipinski definition) is 4. The third-order valence-corrected chi connectivity index (χ3v) is 2.05. The van der Waals surface area contributed by atoms with E-state index in [1.54, 1.807) is 6.20 Å². The molecule has 0 unspecified atom stereocenters. The average molecular weight is 217 g/mol. The number of aromatic amines is 1. The van der Waals surface area contributed by atoms with Crippen LogP contribution in [0.15, 0.2) is 30.6 Å². The standard InChI is InChI=1S/C10H11N5O/c11-8-6-14-15-9(8)10(16)13-5-7-3-1-2-4-12-7/h1-4,6H,5,11H2,(H,13,16)(H,14,15). The maximum absolute atomic E-state index is 11.6. The number of carbonyl (C=O) groups excluding carboxylic acids is 1. The number of nitrogens with two attached hydrogens (primary N) is 1. The molecule has 6 heteroatoms. The maximum Gasteiger partial charge on any atom is 0.271 e. The van der Waals surface area contributed by atoms with E-state index in [1.165, 1.54) is 6.20 Å². The van der Waals surface area contributed by atoms with Crippen LogP contribution in [-0.2, 0) is 6.54 Å². The normalized spacial score (nSPS) is 10.0. The molecule has 0 aromatic carbocycles. The van der Waals surface area contributed by atoms with Gasteiger partial charge < -0.3 is 11.1 Å². The van der Waals surface area contributed by atoms with Crippen molar-refractivity contribution in [2.45, 2.75) is 6.54 Å². The van der Waals surface area contributed by atoms with Crippen molar-refractivity contribution in [2.24, 2.45) is 0 Å². The first-order valence-electron chi connectivity index (χ1n) is 4.74. The van der Waals surface area contributed by atoms with E-state index in [-0.39, 0.29) is 11.6 Å². The number of H-pyrrole nitrogens is 1. The molecule has 0 radical (unpaired) electrons. The molecule has 6 nitrogen and oxygen atoms in total. The van der Waals surface area contributed by atoms with E-state index < -0.39 is 0 Å². The number of nitrogens with one attached hydrogen (secondary N) is 2. The number of amides is 1. The van der Waals surface area contributed by atoms with Crippen LogP contribution >= 0.6 is 0 Å². The predicted molar refractivity (Wildman–Crippen MR) is 58.4 cm³/mol. The molecule has 0 bridgehead atoms. The van der Waals surface area contributed by atoms with Gasteiger partial charge in [0.25, 0.3) is 5.91 Å². The van der Waals surface area contributed by atoms with Crippen molar-refractivity contribution in [1.82, 2.24) is 20.5 Å². The predicted octanol–water partition coefficient (Wildman–Crippen LogP) is 0.317. The van der Waals surface area contributed by atoms with E-state index in [2.05, 4.69) is 20.5 Å². The molecular weight excluding hydrogens is 206 g/mol. The molecule has 0 aliphatic rings. The van der Waals surface area contributed by atoms with Gasteiger partial charge in [0.05, 0.1) is 24.1 Å². The Morgan fingerprint density at radius 2 is 2.38 bits per heavy atom. The zero-order chi connectivity index (χ0) is 11.4. The van der Waals surface area contributed by atoms with Crippen molar-refractivity contribution in [3.63, 3.8) is 0 Å². The van der Waals surface area contributed by atoms with Gasteiger partial charge in [-0.2, -0.15) is 5.10 Å². The number of pyridine rings is 1. The van der Waals surface area contributed by atoms with Crippen molar-refractivity contribution < 1.29 is 4.79 Å². The first-order valence-corrected chi connectivity index (χ1v) is 4.74. The number of anilines is 1. The lowest BCUT2D eigenvalue weighted by atomic mass is 10.3. The van der Waals surface area contributed by atoms with Gasteiger partial charge in [0.1, 0.15) is 5.69 Å². The zero-order valence-electron chi connectivity index (χ0n) is 8.47. The summed E-state index contributed by atoms with van der Waals surface area (Å²) in [5.41, 5.74) is 6.93. The number of nitrogen functional groups attached to an aromatic ring is 1. The molecule has 1 amide bonds. The summed E-state index contributed by atoms with van der Waals surface area (Å²) in [6.07, 6.45) is 3.07. The highest BCUT2D eigenvalue weighted by Gasteiger charge is 2.10. The van der Waals surface area contributed by atoms with Crippen LogP contribution in [0.2, 0.25) is 0 Å². The van der Waals surface area contributed by atoms with Gasteiger partial charge in [-0.25, -0.2) is 0 Å². The zero-order valence-corrected chi connectivity index (χ0v) is 8.47. The molecule has 0 spiro atoms. The number of hydrogen-bond donors (Lipinski definition) is 3. The molecule has 2 aromatic rings. The Kier molecular flexibility index (Phi) is 2.81. The molecule has 82 valence electrons. The molecule has 2 rings (SSSR count). The minimum atomic E-state index is -0.291. The molecule has 0 saturated carbocycles. The molecule has 0 aliphatic heterocycles. The van der Waals surface area contributed by atoms with Gasteiger partial charge in [-0.15, -0.1) is 0 Å². The van der Waals surface area contributed by atoms with Crippen molar-refractivity contribution in [2.75, 3.05) is 5.73 Å². The summed E-state index contributed by atoms with van der Waals surface area (Å²) in [7, 11) is 0. The van der Waals surface area contributed by atoms with Crippen LogP contribution in [0.1, 0.15) is 16.2 Å². The molecule has 2 aromatic heterocycles. The lowest BCUT2D eigenvalue weighted by molar-refractivity contribution is 0.0946. The lowest BCUT2D eigenvalue weighted by Gasteiger charge is -2.03. The van der Waals surface area contributed by atoms with Crippen LogP contribution in [-0.4, -0.2) is 21.1 Å². The molecular formula is C10H11N5O. The molecule has 4 N–H and O–H groups in total. The minimum absolute atomic E-state index is 0.274. The largest absolute Gasteiger partial charge is 0.396 e. The highest BCUT2D eigenvalue weighted by Crippen LogP contribution is 2.05. The van der Waals surface area contributed by atoms with Gasteiger partial charge in [-0.05, 0) is 12.1 Å². The van der Waals surface area contributed by atoms with Crippen molar-refractivity contribution in [3.8, 4) is 0 Å². The second-order valence-electron chi connectivity index (χ2n) is 3.20. The topological polar surface area (TPSA) is 96.7 Å². The number of nitrogens with zero attached hydrogens (tertiary/aromatic N) is 2. The maximum atomic E-state index is 11.6. The Morgan fingerprint density at radius 1 is 1.50 bits per heavy atom. The van der Waals surface area contributed by atoms with Gasteiger partial charge in [0, 0.05) is 6.20 Å². The fourth-order valence-corrected chi connectivity index (χ4v) is 1.24. The molecule has 0 atom stereocenters. The van der Waals surface area contributed by atoms with E-state index in [4.69, 9.17) is 5.73 Å². The summed E-state index contributed by atoms with van der Waals surface area (Å²) in [6, 6.07) is 5.51. The Balaban J connectivity index is 1.97. The van der Waals surface area contributed by atoms with Crippen molar-refractivity contribution in [3.05, 3.63) is 42.0 Å². The highest BCUT2D eigenvalue weighted by molar-refractivity contribution is 5.96. The summed E-state index contributed by atoms with van der Waals surface area (Å²) in [6.45, 7) is 0.359. The summed E-state index contributed by atoms with van der Waals surface area (Å²) >= 11 is 0. The Morgan fingerprint density at radius 3 is 3.00 bits per heavy atom. The third-order valence-electron chi connectivity index (χ3n) is 2.05. The SMILES string of the molecule is Nc1cn[nH]c1C(=O)NCc1ccccn1. The second-order valence-corrected chi connectivity index (χ2v) is 3.20. The van der Waals surface area contributed by atoms with Crippen molar-refractivity contribution in [1.29, 1.82) is 0 Å². The Hall–Kier alpha value is -2.37. The van der Waals surface area contributed by atoms with E-state index in [0.29, 0.717) is 12.2 Å². The number of rotatable bonds is 3. The summed E-state index contributed by atoms with van der Waals surface area (Å²) < 4.78 is 0. The summed E-state index contributed by atoms with van der Waals surface area (Å²) in [5.74, 6) is -0.291. The minimum Gasteiger partial charge on any atom is -0.396 e. The molecule has 0 aliphatic carbocycles. The van der Waals surface area contributed by atoms with E-state index >= 15 is 0 Å². The van der Waals surface area contributed by atoms with Gasteiger partial charge >= 0.3 is 0 Å². The number of aromatic nitrogens is 3. The van der Waals surface area contributed by atoms with Crippen LogP contribution < -0.4 is 11.1 Å². The van der Waals surface area contributed by atoms with Crippen LogP contribution in [0.25, 0.3) is 0 Å². The monoisotopic (exact) mass is 217 g/mol. The highest BCUT2D eigenvalue weighted by atomic mass is 16.1. The van der Waals surface area contributed by atoms with Crippen LogP contribution in [0.5, 0.6) is 0 Å². The van der Waals surface area contributed by atoms with E-state index in [1.807, 2.05) is 18.2 Å². The Labute approximate surface area is 91.9 Å². The van der Waals surface area contributed by atoms with Crippen LogP contribution in [0.4, 0.5) is 5.69 Å².